The normalized spacial score (nSPS) is 17.7. The molecule has 1 fully saturated rings. The monoisotopic (exact) mass is 248 g/mol. The highest BCUT2D eigenvalue weighted by molar-refractivity contribution is 5.77. The molecule has 0 aliphatic heterocycles. The topological polar surface area (TPSA) is 52.1 Å². The van der Waals surface area contributed by atoms with E-state index >= 15 is 0 Å². The predicted molar refractivity (Wildman–Crippen MR) is 68.3 cm³/mol. The number of ether oxygens (including phenoxy) is 1. The van der Waals surface area contributed by atoms with Crippen LogP contribution in [-0.4, -0.2) is 22.5 Å². The molecule has 2 rings (SSSR count). The first-order valence-electron chi connectivity index (χ1n) is 6.71. The summed E-state index contributed by atoms with van der Waals surface area (Å²) >= 11 is 0. The van der Waals surface area contributed by atoms with Crippen LogP contribution in [0.15, 0.2) is 12.4 Å². The summed E-state index contributed by atoms with van der Waals surface area (Å²) < 4.78 is 5.07. The Hall–Kier alpha value is -1.45. The lowest BCUT2D eigenvalue weighted by Crippen LogP contribution is -2.17. The summed E-state index contributed by atoms with van der Waals surface area (Å²) in [6.07, 6.45) is 8.17. The molecule has 1 heterocycles. The highest BCUT2D eigenvalue weighted by Crippen LogP contribution is 2.35. The minimum atomic E-state index is -0.325. The average Bonchev–Trinajstić information content (AvgIpc) is 2.92. The third-order valence-electron chi connectivity index (χ3n) is 3.55. The Morgan fingerprint density at radius 1 is 1.39 bits per heavy atom. The maximum Gasteiger partial charge on any atom is 0.314 e. The lowest BCUT2D eigenvalue weighted by Gasteiger charge is -2.16. The number of carbonyl (C=O) groups is 1. The van der Waals surface area contributed by atoms with Crippen molar-refractivity contribution < 1.29 is 9.53 Å². The van der Waals surface area contributed by atoms with E-state index in [2.05, 4.69) is 9.97 Å². The number of esters is 1. The molecule has 1 aromatic heterocycles. The maximum absolute atomic E-state index is 11.8. The van der Waals surface area contributed by atoms with Crippen LogP contribution in [0.25, 0.3) is 0 Å². The molecular weight excluding hydrogens is 228 g/mol. The molecule has 98 valence electrons. The molecule has 0 spiro atoms. The molecule has 0 radical (unpaired) electrons. The molecule has 0 N–H and O–H groups in total. The second-order valence-electron chi connectivity index (χ2n) is 4.78. The predicted octanol–water partition coefficient (Wildman–Crippen LogP) is 2.80. The van der Waals surface area contributed by atoms with Crippen molar-refractivity contribution in [3.8, 4) is 0 Å². The Morgan fingerprint density at radius 3 is 2.72 bits per heavy atom. The number of hydrogen-bond acceptors (Lipinski definition) is 4. The highest BCUT2D eigenvalue weighted by atomic mass is 16.5. The van der Waals surface area contributed by atoms with Gasteiger partial charge in [-0.05, 0) is 26.7 Å². The maximum atomic E-state index is 11.8. The van der Waals surface area contributed by atoms with Crippen LogP contribution in [0.2, 0.25) is 0 Å². The van der Waals surface area contributed by atoms with Gasteiger partial charge in [0.2, 0.25) is 0 Å². The molecule has 0 aromatic carbocycles. The van der Waals surface area contributed by atoms with Crippen molar-refractivity contribution in [1.29, 1.82) is 0 Å². The smallest absolute Gasteiger partial charge is 0.314 e. The Kier molecular flexibility index (Phi) is 4.28. The first-order valence-corrected chi connectivity index (χ1v) is 6.71. The first-order chi connectivity index (χ1) is 8.74. The fourth-order valence-electron chi connectivity index (χ4n) is 2.59. The summed E-state index contributed by atoms with van der Waals surface area (Å²) in [5.74, 6) is -0.0722. The van der Waals surface area contributed by atoms with Crippen LogP contribution >= 0.6 is 0 Å². The van der Waals surface area contributed by atoms with E-state index in [-0.39, 0.29) is 11.9 Å². The second-order valence-corrected chi connectivity index (χ2v) is 4.78. The Balaban J connectivity index is 2.23. The summed E-state index contributed by atoms with van der Waals surface area (Å²) in [7, 11) is 0. The van der Waals surface area contributed by atoms with Crippen molar-refractivity contribution in [2.24, 2.45) is 0 Å². The molecule has 1 atom stereocenters. The van der Waals surface area contributed by atoms with E-state index in [1.165, 1.54) is 12.8 Å². The van der Waals surface area contributed by atoms with E-state index in [0.29, 0.717) is 12.5 Å². The third-order valence-corrected chi connectivity index (χ3v) is 3.55. The van der Waals surface area contributed by atoms with Gasteiger partial charge in [-0.15, -0.1) is 0 Å². The lowest BCUT2D eigenvalue weighted by atomic mass is 9.96. The molecule has 1 aliphatic rings. The van der Waals surface area contributed by atoms with Gasteiger partial charge < -0.3 is 4.74 Å². The zero-order valence-electron chi connectivity index (χ0n) is 11.1. The molecule has 1 aliphatic carbocycles. The van der Waals surface area contributed by atoms with Crippen LogP contribution in [0.5, 0.6) is 0 Å². The average molecular weight is 248 g/mol. The standard InChI is InChI=1S/C14H20N2O2/c1-3-18-14(17)10(2)12-13(16-9-8-15-12)11-6-4-5-7-11/h8-11H,3-7H2,1-2H3. The number of rotatable bonds is 4. The molecule has 0 saturated heterocycles. The minimum absolute atomic E-state index is 0.211. The zero-order chi connectivity index (χ0) is 13.0. The van der Waals surface area contributed by atoms with Crippen molar-refractivity contribution in [1.82, 2.24) is 9.97 Å². The van der Waals surface area contributed by atoms with Crippen molar-refractivity contribution in [2.45, 2.75) is 51.4 Å². The summed E-state index contributed by atoms with van der Waals surface area (Å²) in [6.45, 7) is 4.07. The van der Waals surface area contributed by atoms with Gasteiger partial charge in [-0.3, -0.25) is 14.8 Å². The van der Waals surface area contributed by atoms with E-state index in [0.717, 1.165) is 24.2 Å². The van der Waals surface area contributed by atoms with Crippen LogP contribution < -0.4 is 0 Å². The van der Waals surface area contributed by atoms with E-state index in [4.69, 9.17) is 4.74 Å². The number of hydrogen-bond donors (Lipinski definition) is 0. The van der Waals surface area contributed by atoms with Crippen LogP contribution in [0, 0.1) is 0 Å². The molecular formula is C14H20N2O2. The molecule has 18 heavy (non-hydrogen) atoms. The molecule has 4 nitrogen and oxygen atoms in total. The van der Waals surface area contributed by atoms with Gasteiger partial charge in [-0.2, -0.15) is 0 Å². The van der Waals surface area contributed by atoms with Gasteiger partial charge in [-0.25, -0.2) is 0 Å². The summed E-state index contributed by atoms with van der Waals surface area (Å²) in [6, 6.07) is 0. The van der Waals surface area contributed by atoms with Gasteiger partial charge in [0.25, 0.3) is 0 Å². The first kappa shape index (κ1) is 13.0. The molecule has 1 unspecified atom stereocenters. The number of nitrogens with zero attached hydrogens (tertiary/aromatic N) is 2. The largest absolute Gasteiger partial charge is 0.465 e. The van der Waals surface area contributed by atoms with Crippen LogP contribution in [-0.2, 0) is 9.53 Å². The molecule has 0 bridgehead atoms. The Bertz CT molecular complexity index is 414. The summed E-state index contributed by atoms with van der Waals surface area (Å²) in [4.78, 5) is 20.6. The number of carbonyl (C=O) groups excluding carboxylic acids is 1. The van der Waals surface area contributed by atoms with Crippen LogP contribution in [0.3, 0.4) is 0 Å². The molecule has 1 aromatic rings. The van der Waals surface area contributed by atoms with Crippen molar-refractivity contribution in [3.05, 3.63) is 23.8 Å². The van der Waals surface area contributed by atoms with Gasteiger partial charge in [0, 0.05) is 18.3 Å². The fraction of sp³-hybridized carbons (Fsp3) is 0.643. The third kappa shape index (κ3) is 2.68. The van der Waals surface area contributed by atoms with Gasteiger partial charge in [0.1, 0.15) is 0 Å². The summed E-state index contributed by atoms with van der Waals surface area (Å²) in [5.41, 5.74) is 1.79. The minimum Gasteiger partial charge on any atom is -0.465 e. The van der Waals surface area contributed by atoms with E-state index in [9.17, 15) is 4.79 Å². The van der Waals surface area contributed by atoms with Crippen LogP contribution in [0.4, 0.5) is 0 Å². The zero-order valence-corrected chi connectivity index (χ0v) is 11.1. The fourth-order valence-corrected chi connectivity index (χ4v) is 2.59. The van der Waals surface area contributed by atoms with Gasteiger partial charge in [0.15, 0.2) is 0 Å². The second kappa shape index (κ2) is 5.94. The number of aromatic nitrogens is 2. The lowest BCUT2D eigenvalue weighted by molar-refractivity contribution is -0.144. The quantitative estimate of drug-likeness (QED) is 0.769. The SMILES string of the molecule is CCOC(=O)C(C)c1nccnc1C1CCCC1. The van der Waals surface area contributed by atoms with E-state index in [1.54, 1.807) is 12.4 Å². The van der Waals surface area contributed by atoms with Crippen molar-refractivity contribution in [2.75, 3.05) is 6.61 Å². The van der Waals surface area contributed by atoms with Gasteiger partial charge in [-0.1, -0.05) is 12.8 Å². The van der Waals surface area contributed by atoms with Crippen molar-refractivity contribution >= 4 is 5.97 Å². The Morgan fingerprint density at radius 2 is 2.06 bits per heavy atom. The van der Waals surface area contributed by atoms with Crippen molar-refractivity contribution in [3.63, 3.8) is 0 Å². The highest BCUT2D eigenvalue weighted by Gasteiger charge is 2.27. The Labute approximate surface area is 108 Å². The van der Waals surface area contributed by atoms with Gasteiger partial charge >= 0.3 is 5.97 Å². The molecule has 0 amide bonds. The van der Waals surface area contributed by atoms with Crippen LogP contribution in [0.1, 0.15) is 62.8 Å². The molecule has 4 heteroatoms. The summed E-state index contributed by atoms with van der Waals surface area (Å²) in [5, 5.41) is 0. The van der Waals surface area contributed by atoms with Gasteiger partial charge in [0.05, 0.1) is 23.9 Å². The molecule has 1 saturated carbocycles. The van der Waals surface area contributed by atoms with E-state index in [1.807, 2.05) is 13.8 Å². The van der Waals surface area contributed by atoms with E-state index < -0.39 is 0 Å².